The molecule has 0 atom stereocenters. The van der Waals surface area contributed by atoms with Gasteiger partial charge in [0.15, 0.2) is 0 Å². The zero-order chi connectivity index (χ0) is 14.1. The summed E-state index contributed by atoms with van der Waals surface area (Å²) < 4.78 is 3.49. The Morgan fingerprint density at radius 3 is 2.85 bits per heavy atom. The van der Waals surface area contributed by atoms with E-state index in [-0.39, 0.29) is 5.56 Å². The summed E-state index contributed by atoms with van der Waals surface area (Å²) in [7, 11) is 0. The number of hydrogen-bond donors (Lipinski definition) is 1. The van der Waals surface area contributed by atoms with Gasteiger partial charge in [-0.2, -0.15) is 5.10 Å². The van der Waals surface area contributed by atoms with Crippen molar-refractivity contribution < 1.29 is 0 Å². The normalized spacial score (nSPS) is 15.8. The van der Waals surface area contributed by atoms with Gasteiger partial charge < -0.3 is 0 Å². The van der Waals surface area contributed by atoms with Gasteiger partial charge in [-0.1, -0.05) is 12.8 Å². The fourth-order valence-electron chi connectivity index (χ4n) is 2.74. The third kappa shape index (κ3) is 2.45. The van der Waals surface area contributed by atoms with E-state index in [1.54, 1.807) is 13.1 Å². The second-order valence-corrected chi connectivity index (χ2v) is 5.42. The zero-order valence-corrected chi connectivity index (χ0v) is 11.5. The Bertz CT molecular complexity index is 719. The molecule has 2 aromatic heterocycles. The van der Waals surface area contributed by atoms with Gasteiger partial charge in [-0.25, -0.2) is 4.79 Å². The minimum Gasteiger partial charge on any atom is -0.294 e. The van der Waals surface area contributed by atoms with Gasteiger partial charge in [0, 0.05) is 18.0 Å². The number of rotatable bonds is 3. The molecule has 3 rings (SSSR count). The highest BCUT2D eigenvalue weighted by Crippen LogP contribution is 2.28. The molecule has 1 saturated carbocycles. The third-order valence-electron chi connectivity index (χ3n) is 3.88. The predicted molar refractivity (Wildman–Crippen MR) is 74.9 cm³/mol. The minimum absolute atomic E-state index is 0.331. The van der Waals surface area contributed by atoms with Crippen molar-refractivity contribution in [2.45, 2.75) is 45.2 Å². The van der Waals surface area contributed by atoms with Gasteiger partial charge >= 0.3 is 5.69 Å². The lowest BCUT2D eigenvalue weighted by molar-refractivity contribution is 0.461. The lowest BCUT2D eigenvalue weighted by Crippen LogP contribution is -2.31. The van der Waals surface area contributed by atoms with E-state index in [1.165, 1.54) is 30.3 Å². The van der Waals surface area contributed by atoms with Crippen LogP contribution in [-0.2, 0) is 6.54 Å². The summed E-state index contributed by atoms with van der Waals surface area (Å²) in [5.74, 6) is 0. The van der Waals surface area contributed by atoms with Gasteiger partial charge in [0.1, 0.15) is 0 Å². The van der Waals surface area contributed by atoms with Gasteiger partial charge in [-0.15, -0.1) is 0 Å². The predicted octanol–water partition coefficient (Wildman–Crippen LogP) is 1.20. The van der Waals surface area contributed by atoms with E-state index >= 15 is 0 Å². The standard InChI is InChI=1S/C14H18N4O2/c1-10-8-17(14(20)15-13(10)19)9-11-6-7-18(16-11)12-4-2-3-5-12/h6-8,12H,2-5,9H2,1H3,(H,15,19,20). The molecule has 6 nitrogen and oxygen atoms in total. The lowest BCUT2D eigenvalue weighted by atomic mass is 10.3. The first-order valence-electron chi connectivity index (χ1n) is 6.98. The number of nitrogens with zero attached hydrogens (tertiary/aromatic N) is 3. The molecule has 1 N–H and O–H groups in total. The average molecular weight is 274 g/mol. The highest BCUT2D eigenvalue weighted by atomic mass is 16.2. The van der Waals surface area contributed by atoms with Crippen LogP contribution in [0.1, 0.15) is 43.0 Å². The summed E-state index contributed by atoms with van der Waals surface area (Å²) >= 11 is 0. The van der Waals surface area contributed by atoms with Crippen molar-refractivity contribution in [3.05, 3.63) is 50.6 Å². The number of hydrogen-bond acceptors (Lipinski definition) is 3. The van der Waals surface area contributed by atoms with Crippen LogP contribution in [0.25, 0.3) is 0 Å². The molecule has 6 heteroatoms. The minimum atomic E-state index is -0.393. The number of aryl methyl sites for hydroxylation is 1. The summed E-state index contributed by atoms with van der Waals surface area (Å²) in [6.45, 7) is 2.07. The first kappa shape index (κ1) is 12.9. The maximum atomic E-state index is 11.7. The number of aromatic nitrogens is 4. The summed E-state index contributed by atoms with van der Waals surface area (Å²) in [6.07, 6.45) is 8.44. The van der Waals surface area contributed by atoms with E-state index in [4.69, 9.17) is 0 Å². The van der Waals surface area contributed by atoms with Crippen LogP contribution in [0.3, 0.4) is 0 Å². The van der Waals surface area contributed by atoms with Crippen molar-refractivity contribution >= 4 is 0 Å². The molecule has 0 aliphatic heterocycles. The SMILES string of the molecule is Cc1cn(Cc2ccn(C3CCCC3)n2)c(=O)[nH]c1=O. The van der Waals surface area contributed by atoms with Gasteiger partial charge in [0.2, 0.25) is 0 Å². The van der Waals surface area contributed by atoms with Crippen LogP contribution in [0.15, 0.2) is 28.0 Å². The Morgan fingerprint density at radius 2 is 2.10 bits per heavy atom. The lowest BCUT2D eigenvalue weighted by Gasteiger charge is -2.09. The van der Waals surface area contributed by atoms with Crippen molar-refractivity contribution in [2.75, 3.05) is 0 Å². The molecule has 1 aliphatic carbocycles. The van der Waals surface area contributed by atoms with Crippen molar-refractivity contribution in [2.24, 2.45) is 0 Å². The van der Waals surface area contributed by atoms with E-state index in [0.29, 0.717) is 18.2 Å². The zero-order valence-electron chi connectivity index (χ0n) is 11.5. The van der Waals surface area contributed by atoms with Crippen LogP contribution in [0, 0.1) is 6.92 Å². The molecule has 1 aliphatic rings. The molecular formula is C14H18N4O2. The molecule has 2 aromatic rings. The number of aromatic amines is 1. The van der Waals surface area contributed by atoms with E-state index in [0.717, 1.165) is 5.69 Å². The van der Waals surface area contributed by atoms with Gasteiger partial charge in [-0.3, -0.25) is 19.0 Å². The maximum Gasteiger partial charge on any atom is 0.328 e. The monoisotopic (exact) mass is 274 g/mol. The second-order valence-electron chi connectivity index (χ2n) is 5.42. The van der Waals surface area contributed by atoms with Crippen LogP contribution < -0.4 is 11.2 Å². The molecule has 20 heavy (non-hydrogen) atoms. The van der Waals surface area contributed by atoms with Crippen molar-refractivity contribution in [1.82, 2.24) is 19.3 Å². The first-order chi connectivity index (χ1) is 9.63. The smallest absolute Gasteiger partial charge is 0.294 e. The average Bonchev–Trinajstić information content (AvgIpc) is 3.06. The Kier molecular flexibility index (Phi) is 3.30. The Balaban J connectivity index is 1.83. The highest BCUT2D eigenvalue weighted by Gasteiger charge is 2.17. The van der Waals surface area contributed by atoms with Gasteiger partial charge in [-0.05, 0) is 25.8 Å². The molecule has 0 radical (unpaired) electrons. The fourth-order valence-corrected chi connectivity index (χ4v) is 2.74. The topological polar surface area (TPSA) is 72.7 Å². The first-order valence-corrected chi connectivity index (χ1v) is 6.98. The summed E-state index contributed by atoms with van der Waals surface area (Å²) in [4.78, 5) is 25.4. The van der Waals surface area contributed by atoms with Crippen molar-refractivity contribution in [1.29, 1.82) is 0 Å². The largest absolute Gasteiger partial charge is 0.328 e. The molecule has 0 unspecified atom stereocenters. The van der Waals surface area contributed by atoms with Gasteiger partial charge in [0.05, 0.1) is 18.3 Å². The molecule has 2 heterocycles. The van der Waals surface area contributed by atoms with E-state index in [2.05, 4.69) is 10.1 Å². The fraction of sp³-hybridized carbons (Fsp3) is 0.500. The van der Waals surface area contributed by atoms with E-state index in [9.17, 15) is 9.59 Å². The molecule has 1 fully saturated rings. The molecular weight excluding hydrogens is 256 g/mol. The molecule has 0 saturated heterocycles. The van der Waals surface area contributed by atoms with Crippen molar-refractivity contribution in [3.63, 3.8) is 0 Å². The van der Waals surface area contributed by atoms with Crippen LogP contribution in [0.5, 0.6) is 0 Å². The quantitative estimate of drug-likeness (QED) is 0.914. The van der Waals surface area contributed by atoms with Crippen LogP contribution in [0.4, 0.5) is 0 Å². The van der Waals surface area contributed by atoms with E-state index in [1.807, 2.05) is 16.9 Å². The Morgan fingerprint density at radius 1 is 1.35 bits per heavy atom. The molecule has 0 amide bonds. The Hall–Kier alpha value is -2.11. The van der Waals surface area contributed by atoms with Crippen LogP contribution in [0.2, 0.25) is 0 Å². The Labute approximate surface area is 116 Å². The van der Waals surface area contributed by atoms with Crippen molar-refractivity contribution in [3.8, 4) is 0 Å². The molecule has 0 bridgehead atoms. The number of H-pyrrole nitrogens is 1. The summed E-state index contributed by atoms with van der Waals surface area (Å²) in [5, 5.41) is 4.55. The highest BCUT2D eigenvalue weighted by molar-refractivity contribution is 5.05. The molecule has 106 valence electrons. The van der Waals surface area contributed by atoms with Crippen LogP contribution >= 0.6 is 0 Å². The van der Waals surface area contributed by atoms with Crippen LogP contribution in [-0.4, -0.2) is 19.3 Å². The molecule has 0 aromatic carbocycles. The second kappa shape index (κ2) is 5.11. The van der Waals surface area contributed by atoms with E-state index < -0.39 is 5.69 Å². The maximum absolute atomic E-state index is 11.7. The summed E-state index contributed by atoms with van der Waals surface area (Å²) in [5.41, 5.74) is 0.643. The van der Waals surface area contributed by atoms with Gasteiger partial charge in [0.25, 0.3) is 5.56 Å². The number of nitrogens with one attached hydrogen (secondary N) is 1. The summed E-state index contributed by atoms with van der Waals surface area (Å²) in [6, 6.07) is 2.43. The molecule has 0 spiro atoms. The third-order valence-corrected chi connectivity index (χ3v) is 3.88.